The standard InChI is InChI=1S/C21H28N2O4/c24-15-19-18(22-20(25)13-16-7-3-1-4-8-16)10-9-17(27-19)14-21(26)23-11-5-2-6-12-23/h1,3-4,7-10,17-19,24H,2,5-6,11-15H2,(H,22,25)/t17-,18-,19+/m1/s1. The Morgan fingerprint density at radius 2 is 1.85 bits per heavy atom. The van der Waals surface area contributed by atoms with Gasteiger partial charge in [-0.25, -0.2) is 0 Å². The van der Waals surface area contributed by atoms with Crippen molar-refractivity contribution in [3.8, 4) is 0 Å². The molecule has 3 rings (SSSR count). The van der Waals surface area contributed by atoms with Crippen molar-refractivity contribution in [2.75, 3.05) is 19.7 Å². The lowest BCUT2D eigenvalue weighted by molar-refractivity contribution is -0.137. The van der Waals surface area contributed by atoms with E-state index in [4.69, 9.17) is 4.74 Å². The highest BCUT2D eigenvalue weighted by Crippen LogP contribution is 2.18. The first-order valence-electron chi connectivity index (χ1n) is 9.71. The molecule has 0 radical (unpaired) electrons. The Kier molecular flexibility index (Phi) is 7.01. The molecule has 2 N–H and O–H groups in total. The second-order valence-corrected chi connectivity index (χ2v) is 7.18. The molecule has 146 valence electrons. The molecule has 1 aromatic carbocycles. The molecule has 1 fully saturated rings. The van der Waals surface area contributed by atoms with E-state index in [1.165, 1.54) is 6.42 Å². The van der Waals surface area contributed by atoms with Gasteiger partial charge in [-0.05, 0) is 24.8 Å². The van der Waals surface area contributed by atoms with E-state index in [2.05, 4.69) is 5.32 Å². The fraction of sp³-hybridized carbons (Fsp3) is 0.524. The smallest absolute Gasteiger partial charge is 0.225 e. The van der Waals surface area contributed by atoms with Gasteiger partial charge in [0.1, 0.15) is 6.10 Å². The van der Waals surface area contributed by atoms with Gasteiger partial charge < -0.3 is 20.1 Å². The molecule has 3 atom stereocenters. The lowest BCUT2D eigenvalue weighted by atomic mass is 10.0. The van der Waals surface area contributed by atoms with Gasteiger partial charge in [-0.3, -0.25) is 9.59 Å². The Labute approximate surface area is 160 Å². The zero-order chi connectivity index (χ0) is 19.1. The Morgan fingerprint density at radius 1 is 1.11 bits per heavy atom. The van der Waals surface area contributed by atoms with Crippen LogP contribution in [0.15, 0.2) is 42.5 Å². The van der Waals surface area contributed by atoms with E-state index >= 15 is 0 Å². The largest absolute Gasteiger partial charge is 0.394 e. The van der Waals surface area contributed by atoms with Gasteiger partial charge in [0.2, 0.25) is 11.8 Å². The van der Waals surface area contributed by atoms with Gasteiger partial charge in [0.25, 0.3) is 0 Å². The van der Waals surface area contributed by atoms with Crippen molar-refractivity contribution < 1.29 is 19.4 Å². The Bertz CT molecular complexity index is 655. The number of nitrogens with one attached hydrogen (secondary N) is 1. The molecule has 6 heteroatoms. The summed E-state index contributed by atoms with van der Waals surface area (Å²) in [5, 5.41) is 12.6. The summed E-state index contributed by atoms with van der Waals surface area (Å²) in [7, 11) is 0. The summed E-state index contributed by atoms with van der Waals surface area (Å²) >= 11 is 0. The molecule has 2 heterocycles. The maximum Gasteiger partial charge on any atom is 0.225 e. The average molecular weight is 372 g/mol. The summed E-state index contributed by atoms with van der Waals surface area (Å²) in [6, 6.07) is 9.11. The molecule has 27 heavy (non-hydrogen) atoms. The number of piperidine rings is 1. The van der Waals surface area contributed by atoms with Gasteiger partial charge in [-0.15, -0.1) is 0 Å². The summed E-state index contributed by atoms with van der Waals surface area (Å²) in [4.78, 5) is 26.6. The van der Waals surface area contributed by atoms with E-state index in [0.29, 0.717) is 0 Å². The maximum atomic E-state index is 12.4. The van der Waals surface area contributed by atoms with Crippen molar-refractivity contribution >= 4 is 11.8 Å². The fourth-order valence-corrected chi connectivity index (χ4v) is 3.60. The minimum Gasteiger partial charge on any atom is -0.394 e. The van der Waals surface area contributed by atoms with E-state index in [9.17, 15) is 14.7 Å². The first kappa shape index (κ1) is 19.6. The van der Waals surface area contributed by atoms with Crippen LogP contribution in [0.5, 0.6) is 0 Å². The highest BCUT2D eigenvalue weighted by atomic mass is 16.5. The van der Waals surface area contributed by atoms with Crippen molar-refractivity contribution in [2.24, 2.45) is 0 Å². The maximum absolute atomic E-state index is 12.4. The minimum absolute atomic E-state index is 0.0904. The molecule has 0 unspecified atom stereocenters. The van der Waals surface area contributed by atoms with Gasteiger partial charge in [-0.2, -0.15) is 0 Å². The molecule has 0 aliphatic carbocycles. The van der Waals surface area contributed by atoms with Gasteiger partial charge in [-0.1, -0.05) is 42.5 Å². The lowest BCUT2D eigenvalue weighted by Crippen LogP contribution is -2.49. The third-order valence-corrected chi connectivity index (χ3v) is 5.08. The average Bonchev–Trinajstić information content (AvgIpc) is 2.70. The number of amides is 2. The molecule has 0 bridgehead atoms. The van der Waals surface area contributed by atoms with Crippen molar-refractivity contribution in [3.05, 3.63) is 48.0 Å². The third-order valence-electron chi connectivity index (χ3n) is 5.08. The van der Waals surface area contributed by atoms with Crippen LogP contribution in [0.25, 0.3) is 0 Å². The molecule has 1 aromatic rings. The van der Waals surface area contributed by atoms with Gasteiger partial charge >= 0.3 is 0 Å². The first-order valence-corrected chi connectivity index (χ1v) is 9.71. The second-order valence-electron chi connectivity index (χ2n) is 7.18. The van der Waals surface area contributed by atoms with Crippen molar-refractivity contribution in [1.82, 2.24) is 10.2 Å². The highest BCUT2D eigenvalue weighted by molar-refractivity contribution is 5.79. The van der Waals surface area contributed by atoms with Crippen LogP contribution in [-0.2, 0) is 20.7 Å². The number of rotatable bonds is 6. The van der Waals surface area contributed by atoms with Crippen LogP contribution < -0.4 is 5.32 Å². The Morgan fingerprint density at radius 3 is 2.56 bits per heavy atom. The number of aliphatic hydroxyl groups is 1. The van der Waals surface area contributed by atoms with Crippen LogP contribution in [0.3, 0.4) is 0 Å². The zero-order valence-electron chi connectivity index (χ0n) is 15.5. The summed E-state index contributed by atoms with van der Waals surface area (Å²) in [5.41, 5.74) is 0.932. The molecule has 2 aliphatic rings. The van der Waals surface area contributed by atoms with Crippen molar-refractivity contribution in [3.63, 3.8) is 0 Å². The quantitative estimate of drug-likeness (QED) is 0.741. The van der Waals surface area contributed by atoms with E-state index in [-0.39, 0.29) is 37.4 Å². The minimum atomic E-state index is -0.547. The van der Waals surface area contributed by atoms with Crippen LogP contribution in [0, 0.1) is 0 Å². The van der Waals surface area contributed by atoms with Crippen LogP contribution in [0.4, 0.5) is 0 Å². The molecule has 0 aromatic heterocycles. The molecule has 1 saturated heterocycles. The predicted molar refractivity (Wildman–Crippen MR) is 102 cm³/mol. The predicted octanol–water partition coefficient (Wildman–Crippen LogP) is 1.43. The Balaban J connectivity index is 1.52. The number of hydrogen-bond acceptors (Lipinski definition) is 4. The number of nitrogens with zero attached hydrogens (tertiary/aromatic N) is 1. The van der Waals surface area contributed by atoms with Gasteiger partial charge in [0, 0.05) is 13.1 Å². The van der Waals surface area contributed by atoms with E-state index in [1.807, 2.05) is 47.4 Å². The normalized spacial score (nSPS) is 25.2. The van der Waals surface area contributed by atoms with Gasteiger partial charge in [0.05, 0.1) is 31.6 Å². The monoisotopic (exact) mass is 372 g/mol. The second kappa shape index (κ2) is 9.67. The summed E-state index contributed by atoms with van der Waals surface area (Å²) < 4.78 is 5.86. The highest BCUT2D eigenvalue weighted by Gasteiger charge is 2.30. The summed E-state index contributed by atoms with van der Waals surface area (Å²) in [5.74, 6) is -0.0339. The SMILES string of the molecule is O=C(Cc1ccccc1)N[C@@H]1C=C[C@H](CC(=O)N2CCCCC2)O[C@H]1CO. The number of hydrogen-bond donors (Lipinski definition) is 2. The van der Waals surface area contributed by atoms with Crippen molar-refractivity contribution in [1.29, 1.82) is 0 Å². The van der Waals surface area contributed by atoms with E-state index in [0.717, 1.165) is 31.5 Å². The fourth-order valence-electron chi connectivity index (χ4n) is 3.60. The molecular weight excluding hydrogens is 344 g/mol. The van der Waals surface area contributed by atoms with E-state index < -0.39 is 12.1 Å². The molecule has 2 aliphatic heterocycles. The van der Waals surface area contributed by atoms with Crippen LogP contribution in [0.1, 0.15) is 31.2 Å². The number of carbonyl (C=O) groups excluding carboxylic acids is 2. The summed E-state index contributed by atoms with van der Waals surface area (Å²) in [6.45, 7) is 1.42. The molecule has 0 saturated carbocycles. The number of ether oxygens (including phenoxy) is 1. The molecule has 6 nitrogen and oxygen atoms in total. The first-order chi connectivity index (χ1) is 13.2. The van der Waals surface area contributed by atoms with Crippen LogP contribution in [0.2, 0.25) is 0 Å². The Hall–Kier alpha value is -2.18. The van der Waals surface area contributed by atoms with Crippen LogP contribution in [-0.4, -0.2) is 59.8 Å². The van der Waals surface area contributed by atoms with Crippen LogP contribution >= 0.6 is 0 Å². The van der Waals surface area contributed by atoms with E-state index in [1.54, 1.807) is 0 Å². The summed E-state index contributed by atoms with van der Waals surface area (Å²) in [6.07, 6.45) is 6.60. The zero-order valence-corrected chi connectivity index (χ0v) is 15.5. The van der Waals surface area contributed by atoms with Gasteiger partial charge in [0.15, 0.2) is 0 Å². The third kappa shape index (κ3) is 5.65. The molecule has 0 spiro atoms. The molecular formula is C21H28N2O4. The number of aliphatic hydroxyl groups excluding tert-OH is 1. The number of benzene rings is 1. The molecule has 2 amide bonds. The number of carbonyl (C=O) groups is 2. The number of likely N-dealkylation sites (tertiary alicyclic amines) is 1. The lowest BCUT2D eigenvalue weighted by Gasteiger charge is -2.33. The topological polar surface area (TPSA) is 78.9 Å². The van der Waals surface area contributed by atoms with Crippen molar-refractivity contribution in [2.45, 2.75) is 50.4 Å².